The summed E-state index contributed by atoms with van der Waals surface area (Å²) in [5.74, 6) is 0.155. The molecule has 1 unspecified atom stereocenters. The third-order valence-corrected chi connectivity index (χ3v) is 3.96. The molecule has 0 saturated carbocycles. The van der Waals surface area contributed by atoms with Crippen molar-refractivity contribution in [3.05, 3.63) is 35.4 Å². The molecule has 1 aliphatic heterocycles. The standard InChI is InChI=1S/C16H22N2O2S/c1-2-20-14-4-3-9-18(11-14)15(19)10-12-5-7-13(8-6-12)16(17)21/h5-8,14H,2-4,9-11H2,1H3,(H2,17,21). The van der Waals surface area contributed by atoms with Gasteiger partial charge in [-0.15, -0.1) is 0 Å². The highest BCUT2D eigenvalue weighted by atomic mass is 32.1. The van der Waals surface area contributed by atoms with Gasteiger partial charge >= 0.3 is 0 Å². The van der Waals surface area contributed by atoms with Crippen LogP contribution in [0.4, 0.5) is 0 Å². The fourth-order valence-corrected chi connectivity index (χ4v) is 2.75. The van der Waals surface area contributed by atoms with E-state index < -0.39 is 0 Å². The SMILES string of the molecule is CCOC1CCCN(C(=O)Cc2ccc(C(N)=S)cc2)C1. The van der Waals surface area contributed by atoms with Gasteiger partial charge in [-0.05, 0) is 25.3 Å². The number of ether oxygens (including phenoxy) is 1. The lowest BCUT2D eigenvalue weighted by molar-refractivity contribution is -0.134. The number of piperidine rings is 1. The van der Waals surface area contributed by atoms with Crippen LogP contribution in [-0.4, -0.2) is 41.6 Å². The Balaban J connectivity index is 1.92. The van der Waals surface area contributed by atoms with Crippen molar-refractivity contribution in [1.29, 1.82) is 0 Å². The van der Waals surface area contributed by atoms with Crippen LogP contribution < -0.4 is 5.73 Å². The molecule has 1 saturated heterocycles. The van der Waals surface area contributed by atoms with Crippen molar-refractivity contribution >= 4 is 23.1 Å². The third-order valence-electron chi connectivity index (χ3n) is 3.73. The quantitative estimate of drug-likeness (QED) is 0.844. The zero-order valence-electron chi connectivity index (χ0n) is 12.4. The number of hydrogen-bond acceptors (Lipinski definition) is 3. The van der Waals surface area contributed by atoms with Gasteiger partial charge in [0.25, 0.3) is 0 Å². The Bertz CT molecular complexity index is 500. The molecular weight excluding hydrogens is 284 g/mol. The highest BCUT2D eigenvalue weighted by Gasteiger charge is 2.23. The van der Waals surface area contributed by atoms with Crippen LogP contribution in [-0.2, 0) is 16.0 Å². The maximum absolute atomic E-state index is 12.4. The van der Waals surface area contributed by atoms with E-state index in [1.165, 1.54) is 0 Å². The van der Waals surface area contributed by atoms with E-state index in [1.54, 1.807) is 0 Å². The average Bonchev–Trinajstić information content (AvgIpc) is 2.48. The number of carbonyl (C=O) groups excluding carboxylic acids is 1. The molecule has 21 heavy (non-hydrogen) atoms. The molecular formula is C16H22N2O2S. The van der Waals surface area contributed by atoms with Crippen LogP contribution in [0.15, 0.2) is 24.3 Å². The molecule has 114 valence electrons. The summed E-state index contributed by atoms with van der Waals surface area (Å²) in [7, 11) is 0. The van der Waals surface area contributed by atoms with Crippen molar-refractivity contribution < 1.29 is 9.53 Å². The largest absolute Gasteiger partial charge is 0.389 e. The second-order valence-corrected chi connectivity index (χ2v) is 5.74. The van der Waals surface area contributed by atoms with Crippen LogP contribution in [0.5, 0.6) is 0 Å². The van der Waals surface area contributed by atoms with Crippen LogP contribution in [0.2, 0.25) is 0 Å². The highest BCUT2D eigenvalue weighted by Crippen LogP contribution is 2.15. The zero-order valence-corrected chi connectivity index (χ0v) is 13.2. The van der Waals surface area contributed by atoms with Crippen molar-refractivity contribution in [1.82, 2.24) is 4.90 Å². The predicted molar refractivity (Wildman–Crippen MR) is 87.3 cm³/mol. The number of hydrogen-bond donors (Lipinski definition) is 1. The molecule has 2 rings (SSSR count). The molecule has 0 aromatic heterocycles. The number of amides is 1. The van der Waals surface area contributed by atoms with E-state index in [-0.39, 0.29) is 12.0 Å². The Hall–Kier alpha value is -1.46. The van der Waals surface area contributed by atoms with E-state index in [4.69, 9.17) is 22.7 Å². The van der Waals surface area contributed by atoms with Gasteiger partial charge in [-0.1, -0.05) is 36.5 Å². The molecule has 1 aromatic rings. The van der Waals surface area contributed by atoms with Crippen LogP contribution >= 0.6 is 12.2 Å². The van der Waals surface area contributed by atoms with E-state index in [2.05, 4.69) is 0 Å². The summed E-state index contributed by atoms with van der Waals surface area (Å²) in [5.41, 5.74) is 7.38. The first-order valence-corrected chi connectivity index (χ1v) is 7.79. The fourth-order valence-electron chi connectivity index (χ4n) is 2.61. The van der Waals surface area contributed by atoms with Crippen molar-refractivity contribution in [2.45, 2.75) is 32.3 Å². The Morgan fingerprint density at radius 3 is 2.76 bits per heavy atom. The van der Waals surface area contributed by atoms with Gasteiger partial charge in [0, 0.05) is 25.3 Å². The van der Waals surface area contributed by atoms with Crippen molar-refractivity contribution in [3.63, 3.8) is 0 Å². The summed E-state index contributed by atoms with van der Waals surface area (Å²) >= 11 is 4.92. The maximum Gasteiger partial charge on any atom is 0.227 e. The molecule has 5 heteroatoms. The first-order valence-electron chi connectivity index (χ1n) is 7.38. The second kappa shape index (κ2) is 7.52. The lowest BCUT2D eigenvalue weighted by atomic mass is 10.1. The van der Waals surface area contributed by atoms with Gasteiger partial charge in [0.15, 0.2) is 0 Å². The molecule has 1 aliphatic rings. The summed E-state index contributed by atoms with van der Waals surface area (Å²) < 4.78 is 5.63. The molecule has 1 amide bonds. The normalized spacial score (nSPS) is 18.5. The molecule has 1 aromatic carbocycles. The summed E-state index contributed by atoms with van der Waals surface area (Å²) in [6.45, 7) is 4.22. The van der Waals surface area contributed by atoms with Gasteiger partial charge in [-0.3, -0.25) is 4.79 Å². The third kappa shape index (κ3) is 4.51. The van der Waals surface area contributed by atoms with Gasteiger partial charge in [0.1, 0.15) is 4.99 Å². The summed E-state index contributed by atoms with van der Waals surface area (Å²) in [6.07, 6.45) is 2.65. The molecule has 0 radical (unpaired) electrons. The monoisotopic (exact) mass is 306 g/mol. The minimum atomic E-state index is 0.155. The fraction of sp³-hybridized carbons (Fsp3) is 0.500. The summed E-state index contributed by atoms with van der Waals surface area (Å²) in [6, 6.07) is 7.56. The summed E-state index contributed by atoms with van der Waals surface area (Å²) in [5, 5.41) is 0. The Morgan fingerprint density at radius 2 is 2.14 bits per heavy atom. The van der Waals surface area contributed by atoms with Gasteiger partial charge in [-0.25, -0.2) is 0 Å². The van der Waals surface area contributed by atoms with Crippen LogP contribution in [0, 0.1) is 0 Å². The lowest BCUT2D eigenvalue weighted by Crippen LogP contribution is -2.43. The Morgan fingerprint density at radius 1 is 1.43 bits per heavy atom. The maximum atomic E-state index is 12.4. The van der Waals surface area contributed by atoms with Gasteiger partial charge in [0.05, 0.1) is 12.5 Å². The average molecular weight is 306 g/mol. The van der Waals surface area contributed by atoms with Crippen molar-refractivity contribution in [2.75, 3.05) is 19.7 Å². The van der Waals surface area contributed by atoms with E-state index in [0.29, 0.717) is 24.6 Å². The molecule has 0 aliphatic carbocycles. The molecule has 0 bridgehead atoms. The molecule has 1 atom stereocenters. The van der Waals surface area contributed by atoms with Crippen molar-refractivity contribution in [3.8, 4) is 0 Å². The lowest BCUT2D eigenvalue weighted by Gasteiger charge is -2.32. The summed E-state index contributed by atoms with van der Waals surface area (Å²) in [4.78, 5) is 14.6. The molecule has 1 fully saturated rings. The van der Waals surface area contributed by atoms with E-state index >= 15 is 0 Å². The van der Waals surface area contributed by atoms with Crippen LogP contribution in [0.1, 0.15) is 30.9 Å². The van der Waals surface area contributed by atoms with Crippen molar-refractivity contribution in [2.24, 2.45) is 5.73 Å². The molecule has 1 heterocycles. The van der Waals surface area contributed by atoms with E-state index in [1.807, 2.05) is 36.1 Å². The van der Waals surface area contributed by atoms with E-state index in [9.17, 15) is 4.79 Å². The smallest absolute Gasteiger partial charge is 0.227 e. The predicted octanol–water partition coefficient (Wildman–Crippen LogP) is 1.89. The first-order chi connectivity index (χ1) is 10.1. The van der Waals surface area contributed by atoms with Gasteiger partial charge in [0.2, 0.25) is 5.91 Å². The van der Waals surface area contributed by atoms with E-state index in [0.717, 1.165) is 30.5 Å². The number of carbonyl (C=O) groups is 1. The van der Waals surface area contributed by atoms with Gasteiger partial charge in [-0.2, -0.15) is 0 Å². The number of thiocarbonyl (C=S) groups is 1. The van der Waals surface area contributed by atoms with Crippen LogP contribution in [0.25, 0.3) is 0 Å². The number of nitrogens with two attached hydrogens (primary N) is 1. The minimum Gasteiger partial charge on any atom is -0.389 e. The Kier molecular flexibility index (Phi) is 5.70. The Labute approximate surface area is 131 Å². The molecule has 0 spiro atoms. The first kappa shape index (κ1) is 15.9. The van der Waals surface area contributed by atoms with Gasteiger partial charge < -0.3 is 15.4 Å². The number of benzene rings is 1. The number of likely N-dealkylation sites (tertiary alicyclic amines) is 1. The molecule has 4 nitrogen and oxygen atoms in total. The highest BCUT2D eigenvalue weighted by molar-refractivity contribution is 7.80. The number of rotatable bonds is 5. The topological polar surface area (TPSA) is 55.6 Å². The molecule has 2 N–H and O–H groups in total. The second-order valence-electron chi connectivity index (χ2n) is 5.30. The van der Waals surface area contributed by atoms with Crippen LogP contribution in [0.3, 0.4) is 0 Å². The zero-order chi connectivity index (χ0) is 15.2. The number of nitrogens with zero attached hydrogens (tertiary/aromatic N) is 1. The minimum absolute atomic E-state index is 0.155.